The summed E-state index contributed by atoms with van der Waals surface area (Å²) >= 11 is 0. The molecule has 0 unspecified atom stereocenters. The summed E-state index contributed by atoms with van der Waals surface area (Å²) in [5.41, 5.74) is 1.24. The summed E-state index contributed by atoms with van der Waals surface area (Å²) in [6.07, 6.45) is 1.74. The molecule has 1 aromatic carbocycles. The first-order valence-corrected chi connectivity index (χ1v) is 5.65. The van der Waals surface area contributed by atoms with Gasteiger partial charge in [0.05, 0.1) is 12.5 Å². The molecule has 2 rings (SSSR count). The van der Waals surface area contributed by atoms with Gasteiger partial charge in [-0.1, -0.05) is 19.1 Å². The Balaban J connectivity index is 1.84. The van der Waals surface area contributed by atoms with Gasteiger partial charge in [-0.15, -0.1) is 0 Å². The van der Waals surface area contributed by atoms with Gasteiger partial charge in [-0.2, -0.15) is 0 Å². The van der Waals surface area contributed by atoms with E-state index in [1.165, 1.54) is 5.56 Å². The zero-order chi connectivity index (χ0) is 11.5. The van der Waals surface area contributed by atoms with Crippen LogP contribution >= 0.6 is 0 Å². The van der Waals surface area contributed by atoms with Crippen molar-refractivity contribution in [3.8, 4) is 5.75 Å². The smallest absolute Gasteiger partial charge is 0.306 e. The van der Waals surface area contributed by atoms with E-state index in [4.69, 9.17) is 9.84 Å². The lowest BCUT2D eigenvalue weighted by Crippen LogP contribution is -2.06. The van der Waals surface area contributed by atoms with Gasteiger partial charge in [-0.05, 0) is 30.5 Å². The lowest BCUT2D eigenvalue weighted by molar-refractivity contribution is -0.138. The molecule has 0 aliphatic heterocycles. The molecule has 1 fully saturated rings. The molecule has 86 valence electrons. The van der Waals surface area contributed by atoms with Crippen molar-refractivity contribution in [2.24, 2.45) is 11.8 Å². The molecule has 1 aliphatic carbocycles. The zero-order valence-corrected chi connectivity index (χ0v) is 9.35. The molecule has 1 N–H and O–H groups in total. The van der Waals surface area contributed by atoms with Gasteiger partial charge >= 0.3 is 5.97 Å². The number of aliphatic carboxylic acids is 1. The van der Waals surface area contributed by atoms with Crippen LogP contribution in [0.4, 0.5) is 0 Å². The summed E-state index contributed by atoms with van der Waals surface area (Å²) in [6, 6.07) is 7.95. The third-order valence-corrected chi connectivity index (χ3v) is 3.01. The molecular formula is C13H16O3. The number of benzene rings is 1. The summed E-state index contributed by atoms with van der Waals surface area (Å²) in [5.74, 6) is 0.156. The monoisotopic (exact) mass is 220 g/mol. The summed E-state index contributed by atoms with van der Waals surface area (Å²) < 4.78 is 5.59. The first-order valence-electron chi connectivity index (χ1n) is 5.65. The lowest BCUT2D eigenvalue weighted by atomic mass is 10.2. The van der Waals surface area contributed by atoms with E-state index in [-0.39, 0.29) is 11.8 Å². The van der Waals surface area contributed by atoms with Crippen molar-refractivity contribution < 1.29 is 14.6 Å². The second kappa shape index (κ2) is 4.56. The normalized spacial score (nSPS) is 22.8. The van der Waals surface area contributed by atoms with Gasteiger partial charge in [0.1, 0.15) is 5.75 Å². The molecular weight excluding hydrogens is 204 g/mol. The predicted octanol–water partition coefficient (Wildman–Crippen LogP) is 2.35. The highest BCUT2D eigenvalue weighted by atomic mass is 16.5. The minimum Gasteiger partial charge on any atom is -0.493 e. The summed E-state index contributed by atoms with van der Waals surface area (Å²) in [6.45, 7) is 2.62. The van der Waals surface area contributed by atoms with Crippen LogP contribution in [0, 0.1) is 11.8 Å². The van der Waals surface area contributed by atoms with Crippen molar-refractivity contribution in [3.63, 3.8) is 0 Å². The largest absolute Gasteiger partial charge is 0.493 e. The predicted molar refractivity (Wildman–Crippen MR) is 60.5 cm³/mol. The molecule has 1 saturated carbocycles. The molecule has 3 heteroatoms. The highest BCUT2D eigenvalue weighted by Gasteiger charge is 2.43. The second-order valence-corrected chi connectivity index (χ2v) is 4.25. The molecule has 0 spiro atoms. The number of ether oxygens (including phenoxy) is 1. The van der Waals surface area contributed by atoms with Crippen LogP contribution in [-0.2, 0) is 11.2 Å². The van der Waals surface area contributed by atoms with Gasteiger partial charge in [0, 0.05) is 5.92 Å². The topological polar surface area (TPSA) is 46.5 Å². The van der Waals surface area contributed by atoms with Crippen molar-refractivity contribution in [2.75, 3.05) is 6.61 Å². The van der Waals surface area contributed by atoms with Crippen LogP contribution in [0.15, 0.2) is 24.3 Å². The maximum Gasteiger partial charge on any atom is 0.306 e. The van der Waals surface area contributed by atoms with Crippen molar-refractivity contribution in [1.82, 2.24) is 0 Å². The molecule has 2 atom stereocenters. The Hall–Kier alpha value is -1.51. The van der Waals surface area contributed by atoms with Crippen molar-refractivity contribution >= 4 is 5.97 Å². The van der Waals surface area contributed by atoms with Gasteiger partial charge in [0.2, 0.25) is 0 Å². The average Bonchev–Trinajstić information content (AvgIpc) is 3.06. The van der Waals surface area contributed by atoms with Crippen molar-refractivity contribution in [2.45, 2.75) is 19.8 Å². The zero-order valence-electron chi connectivity index (χ0n) is 9.35. The Morgan fingerprint density at radius 1 is 1.56 bits per heavy atom. The van der Waals surface area contributed by atoms with Gasteiger partial charge in [0.15, 0.2) is 0 Å². The minimum atomic E-state index is -0.698. The number of carboxylic acids is 1. The molecule has 0 amide bonds. The molecule has 1 aromatic rings. The van der Waals surface area contributed by atoms with E-state index < -0.39 is 5.97 Å². The third-order valence-electron chi connectivity index (χ3n) is 3.01. The fourth-order valence-electron chi connectivity index (χ4n) is 1.79. The van der Waals surface area contributed by atoms with Crippen LogP contribution in [-0.4, -0.2) is 17.7 Å². The van der Waals surface area contributed by atoms with Crippen LogP contribution in [0.25, 0.3) is 0 Å². The molecule has 0 radical (unpaired) electrons. The third kappa shape index (κ3) is 2.54. The number of carboxylic acid groups (broad SMARTS) is 1. The Bertz CT molecular complexity index is 387. The van der Waals surface area contributed by atoms with E-state index in [2.05, 4.69) is 13.0 Å². The van der Waals surface area contributed by atoms with Crippen LogP contribution < -0.4 is 4.74 Å². The van der Waals surface area contributed by atoms with Crippen LogP contribution in [0.1, 0.15) is 18.9 Å². The minimum absolute atomic E-state index is 0.186. The summed E-state index contributed by atoms with van der Waals surface area (Å²) in [4.78, 5) is 10.6. The molecule has 0 aromatic heterocycles. The van der Waals surface area contributed by atoms with Crippen LogP contribution in [0.3, 0.4) is 0 Å². The maximum atomic E-state index is 10.6. The van der Waals surface area contributed by atoms with Crippen LogP contribution in [0.5, 0.6) is 5.75 Å². The van der Waals surface area contributed by atoms with Crippen LogP contribution in [0.2, 0.25) is 0 Å². The van der Waals surface area contributed by atoms with Gasteiger partial charge in [-0.3, -0.25) is 4.79 Å². The lowest BCUT2D eigenvalue weighted by Gasteiger charge is -2.06. The standard InChI is InChI=1S/C13H16O3/c1-2-9-4-3-5-11(6-9)16-8-10-7-12(10)13(14)15/h3-6,10,12H,2,7-8H2,1H3,(H,14,15)/t10-,12+/m0/s1. The number of rotatable bonds is 5. The van der Waals surface area contributed by atoms with E-state index in [1.54, 1.807) is 0 Å². The Kier molecular flexibility index (Phi) is 3.13. The van der Waals surface area contributed by atoms with Crippen molar-refractivity contribution in [3.05, 3.63) is 29.8 Å². The van der Waals surface area contributed by atoms with Gasteiger partial charge in [0.25, 0.3) is 0 Å². The fraction of sp³-hybridized carbons (Fsp3) is 0.462. The van der Waals surface area contributed by atoms with Crippen molar-refractivity contribution in [1.29, 1.82) is 0 Å². The molecule has 0 saturated heterocycles. The first-order chi connectivity index (χ1) is 7.70. The second-order valence-electron chi connectivity index (χ2n) is 4.25. The summed E-state index contributed by atoms with van der Waals surface area (Å²) in [7, 11) is 0. The van der Waals surface area contributed by atoms with E-state index in [0.717, 1.165) is 18.6 Å². The number of hydrogen-bond acceptors (Lipinski definition) is 2. The molecule has 3 nitrogen and oxygen atoms in total. The van der Waals surface area contributed by atoms with E-state index in [9.17, 15) is 4.79 Å². The molecule has 0 heterocycles. The number of hydrogen-bond donors (Lipinski definition) is 1. The Labute approximate surface area is 95.0 Å². The SMILES string of the molecule is CCc1cccc(OC[C@@H]2C[C@H]2C(=O)O)c1. The van der Waals surface area contributed by atoms with Gasteiger partial charge < -0.3 is 9.84 Å². The van der Waals surface area contributed by atoms with E-state index >= 15 is 0 Å². The first kappa shape index (κ1) is 11.0. The summed E-state index contributed by atoms with van der Waals surface area (Å²) in [5, 5.41) is 8.75. The Morgan fingerprint density at radius 3 is 3.00 bits per heavy atom. The highest BCUT2D eigenvalue weighted by Crippen LogP contribution is 2.38. The van der Waals surface area contributed by atoms with E-state index in [1.807, 2.05) is 18.2 Å². The molecule has 0 bridgehead atoms. The van der Waals surface area contributed by atoms with Gasteiger partial charge in [-0.25, -0.2) is 0 Å². The molecule has 1 aliphatic rings. The maximum absolute atomic E-state index is 10.6. The number of carbonyl (C=O) groups is 1. The Morgan fingerprint density at radius 2 is 2.38 bits per heavy atom. The van der Waals surface area contributed by atoms with E-state index in [0.29, 0.717) is 6.61 Å². The number of aryl methyl sites for hydroxylation is 1. The highest BCUT2D eigenvalue weighted by molar-refractivity contribution is 5.73. The fourth-order valence-corrected chi connectivity index (χ4v) is 1.79. The quantitative estimate of drug-likeness (QED) is 0.828. The molecule has 16 heavy (non-hydrogen) atoms. The average molecular weight is 220 g/mol.